The lowest BCUT2D eigenvalue weighted by Gasteiger charge is -2.40. The van der Waals surface area contributed by atoms with Gasteiger partial charge in [-0.3, -0.25) is 9.89 Å². The molecule has 7 nitrogen and oxygen atoms in total. The molecule has 1 aliphatic heterocycles. The van der Waals surface area contributed by atoms with Gasteiger partial charge in [0.15, 0.2) is 5.96 Å². The summed E-state index contributed by atoms with van der Waals surface area (Å²) in [6, 6.07) is 0. The van der Waals surface area contributed by atoms with Crippen LogP contribution in [-0.4, -0.2) is 70.3 Å². The van der Waals surface area contributed by atoms with Crippen LogP contribution in [0.1, 0.15) is 46.5 Å². The second kappa shape index (κ2) is 12.3. The largest absolute Gasteiger partial charge is 0.357 e. The van der Waals surface area contributed by atoms with E-state index in [-0.39, 0.29) is 29.5 Å². The highest BCUT2D eigenvalue weighted by atomic mass is 127. The number of halogens is 1. The van der Waals surface area contributed by atoms with Crippen LogP contribution in [0.25, 0.3) is 0 Å². The Labute approximate surface area is 170 Å². The summed E-state index contributed by atoms with van der Waals surface area (Å²) >= 11 is 0. The molecule has 0 unspecified atom stereocenters. The van der Waals surface area contributed by atoms with Gasteiger partial charge in [-0.2, -0.15) is 0 Å². The van der Waals surface area contributed by atoms with Gasteiger partial charge in [0.25, 0.3) is 0 Å². The molecule has 9 heteroatoms. The first-order valence-electron chi connectivity index (χ1n) is 8.96. The van der Waals surface area contributed by atoms with Crippen molar-refractivity contribution in [2.24, 2.45) is 4.99 Å². The fourth-order valence-electron chi connectivity index (χ4n) is 2.77. The van der Waals surface area contributed by atoms with E-state index in [9.17, 15) is 8.42 Å². The molecule has 0 amide bonds. The van der Waals surface area contributed by atoms with Gasteiger partial charge < -0.3 is 10.6 Å². The first-order valence-corrected chi connectivity index (χ1v) is 10.9. The molecule has 150 valence electrons. The van der Waals surface area contributed by atoms with Gasteiger partial charge in [-0.05, 0) is 53.1 Å². The van der Waals surface area contributed by atoms with Gasteiger partial charge in [-0.1, -0.05) is 6.42 Å². The van der Waals surface area contributed by atoms with E-state index in [1.807, 2.05) is 6.92 Å². The fourth-order valence-corrected chi connectivity index (χ4v) is 3.28. The minimum Gasteiger partial charge on any atom is -0.357 e. The topological polar surface area (TPSA) is 85.8 Å². The van der Waals surface area contributed by atoms with Crippen LogP contribution in [0, 0.1) is 0 Å². The molecule has 3 N–H and O–H groups in total. The summed E-state index contributed by atoms with van der Waals surface area (Å²) in [6.07, 6.45) is 5.78. The molecular weight excluding hydrogens is 453 g/mol. The molecule has 0 aromatic rings. The van der Waals surface area contributed by atoms with E-state index in [0.29, 0.717) is 19.5 Å². The summed E-state index contributed by atoms with van der Waals surface area (Å²) in [5.74, 6) is 0.793. The number of nitrogens with one attached hydrogen (secondary N) is 3. The normalized spacial score (nSPS) is 17.0. The first kappa shape index (κ1) is 24.9. The molecule has 25 heavy (non-hydrogen) atoms. The summed E-state index contributed by atoms with van der Waals surface area (Å²) in [5, 5.41) is 6.51. The first-order chi connectivity index (χ1) is 11.2. The molecule has 1 aliphatic rings. The van der Waals surface area contributed by atoms with E-state index in [1.165, 1.54) is 25.5 Å². The lowest BCUT2D eigenvalue weighted by Crippen LogP contribution is -2.49. The molecule has 0 saturated carbocycles. The number of guanidine groups is 1. The van der Waals surface area contributed by atoms with Crippen molar-refractivity contribution in [3.05, 3.63) is 0 Å². The van der Waals surface area contributed by atoms with E-state index < -0.39 is 10.0 Å². The SMILES string of the molecule is CCNC(=NCC(C)(C)N1CCCCC1)NCCCNS(C)(=O)=O.I. The zero-order valence-corrected chi connectivity index (χ0v) is 19.2. The van der Waals surface area contributed by atoms with Gasteiger partial charge in [0.05, 0.1) is 12.8 Å². The summed E-state index contributed by atoms with van der Waals surface area (Å²) in [6.45, 7) is 11.5. The minimum absolute atomic E-state index is 0. The lowest BCUT2D eigenvalue weighted by atomic mass is 9.99. The highest BCUT2D eigenvalue weighted by Gasteiger charge is 2.27. The van der Waals surface area contributed by atoms with Crippen LogP contribution in [0.3, 0.4) is 0 Å². The Morgan fingerprint density at radius 3 is 2.32 bits per heavy atom. The van der Waals surface area contributed by atoms with Crippen molar-refractivity contribution in [3.63, 3.8) is 0 Å². The molecule has 1 fully saturated rings. The van der Waals surface area contributed by atoms with Crippen LogP contribution >= 0.6 is 24.0 Å². The number of rotatable bonds is 9. The van der Waals surface area contributed by atoms with Gasteiger partial charge in [0, 0.05) is 25.2 Å². The van der Waals surface area contributed by atoms with Crippen LogP contribution in [0.4, 0.5) is 0 Å². The van der Waals surface area contributed by atoms with Crippen molar-refractivity contribution in [1.82, 2.24) is 20.3 Å². The number of hydrogen-bond acceptors (Lipinski definition) is 4. The van der Waals surface area contributed by atoms with Gasteiger partial charge >= 0.3 is 0 Å². The van der Waals surface area contributed by atoms with Crippen molar-refractivity contribution in [2.75, 3.05) is 45.5 Å². The molecule has 0 aromatic heterocycles. The van der Waals surface area contributed by atoms with Crippen LogP contribution in [-0.2, 0) is 10.0 Å². The van der Waals surface area contributed by atoms with E-state index in [4.69, 9.17) is 4.99 Å². The number of nitrogens with zero attached hydrogens (tertiary/aromatic N) is 2. The highest BCUT2D eigenvalue weighted by Crippen LogP contribution is 2.20. The zero-order valence-electron chi connectivity index (χ0n) is 16.1. The molecule has 0 atom stereocenters. The number of sulfonamides is 1. The van der Waals surface area contributed by atoms with Gasteiger partial charge in [0.2, 0.25) is 10.0 Å². The third-order valence-electron chi connectivity index (χ3n) is 4.19. The second-order valence-electron chi connectivity index (χ2n) is 7.00. The standard InChI is InChI=1S/C16H35N5O2S.HI/c1-5-17-15(18-10-9-11-20-24(4,22)23)19-14-16(2,3)21-12-7-6-8-13-21;/h20H,5-14H2,1-4H3,(H2,17,18,19);1H. The van der Waals surface area contributed by atoms with Gasteiger partial charge in [-0.25, -0.2) is 13.1 Å². The maximum atomic E-state index is 11.0. The van der Waals surface area contributed by atoms with Crippen LogP contribution in [0.5, 0.6) is 0 Å². The maximum absolute atomic E-state index is 11.0. The Hall–Kier alpha value is -0.130. The average Bonchev–Trinajstić information content (AvgIpc) is 2.52. The van der Waals surface area contributed by atoms with Crippen molar-refractivity contribution >= 4 is 40.0 Å². The molecule has 0 aromatic carbocycles. The quantitative estimate of drug-likeness (QED) is 0.197. The lowest BCUT2D eigenvalue weighted by molar-refractivity contribution is 0.102. The highest BCUT2D eigenvalue weighted by molar-refractivity contribution is 14.0. The van der Waals surface area contributed by atoms with E-state index >= 15 is 0 Å². The molecule has 1 rings (SSSR count). The van der Waals surface area contributed by atoms with Crippen molar-refractivity contribution in [3.8, 4) is 0 Å². The molecule has 0 spiro atoms. The van der Waals surface area contributed by atoms with Crippen molar-refractivity contribution < 1.29 is 8.42 Å². The minimum atomic E-state index is -3.11. The summed E-state index contributed by atoms with van der Waals surface area (Å²) < 4.78 is 24.5. The summed E-state index contributed by atoms with van der Waals surface area (Å²) in [5.41, 5.74) is 0.0562. The van der Waals surface area contributed by atoms with Crippen LogP contribution in [0.2, 0.25) is 0 Å². The Morgan fingerprint density at radius 1 is 1.12 bits per heavy atom. The van der Waals surface area contributed by atoms with E-state index in [0.717, 1.165) is 32.1 Å². The third kappa shape index (κ3) is 11.2. The maximum Gasteiger partial charge on any atom is 0.208 e. The molecule has 1 heterocycles. The van der Waals surface area contributed by atoms with Crippen molar-refractivity contribution in [2.45, 2.75) is 52.0 Å². The predicted molar refractivity (Wildman–Crippen MR) is 116 cm³/mol. The molecule has 1 saturated heterocycles. The third-order valence-corrected chi connectivity index (χ3v) is 4.92. The molecule has 0 aliphatic carbocycles. The van der Waals surface area contributed by atoms with Gasteiger partial charge in [-0.15, -0.1) is 24.0 Å². The predicted octanol–water partition coefficient (Wildman–Crippen LogP) is 1.36. The monoisotopic (exact) mass is 489 g/mol. The second-order valence-corrected chi connectivity index (χ2v) is 8.84. The van der Waals surface area contributed by atoms with E-state index in [2.05, 4.69) is 34.1 Å². The number of aliphatic imine (C=N–C) groups is 1. The fraction of sp³-hybridized carbons (Fsp3) is 0.938. The zero-order chi connectivity index (χ0) is 18.1. The van der Waals surface area contributed by atoms with Crippen LogP contribution in [0.15, 0.2) is 4.99 Å². The molecular formula is C16H36IN5O2S. The number of hydrogen-bond donors (Lipinski definition) is 3. The summed E-state index contributed by atoms with van der Waals surface area (Å²) in [4.78, 5) is 7.25. The van der Waals surface area contributed by atoms with Crippen LogP contribution < -0.4 is 15.4 Å². The molecule has 0 radical (unpaired) electrons. The Bertz CT molecular complexity index is 491. The number of likely N-dealkylation sites (tertiary alicyclic amines) is 1. The van der Waals surface area contributed by atoms with Crippen molar-refractivity contribution in [1.29, 1.82) is 0 Å². The Balaban J connectivity index is 0.00000576. The average molecular weight is 489 g/mol. The van der Waals surface area contributed by atoms with E-state index in [1.54, 1.807) is 0 Å². The smallest absolute Gasteiger partial charge is 0.208 e. The number of piperidine rings is 1. The summed E-state index contributed by atoms with van der Waals surface area (Å²) in [7, 11) is -3.11. The van der Waals surface area contributed by atoms with Gasteiger partial charge in [0.1, 0.15) is 0 Å². The molecule has 0 bridgehead atoms. The Kier molecular flexibility index (Phi) is 12.2. The Morgan fingerprint density at radius 2 is 1.76 bits per heavy atom.